The van der Waals surface area contributed by atoms with Gasteiger partial charge in [0, 0.05) is 22.9 Å². The van der Waals surface area contributed by atoms with Gasteiger partial charge in [-0.25, -0.2) is 0 Å². The molecule has 0 aliphatic heterocycles. The molecular formula is C14H21N3O2. The standard InChI is InChI=1S/C14H21N3O2/c1-3-5-11(4-2)17-12-7-9(13(15)18)6-10(8-12)14(16)19/h6-8,11,17H,3-5H2,1-2H3,(H2,15,18)(H2,16,19). The maximum atomic E-state index is 11.3. The normalized spacial score (nSPS) is 11.9. The van der Waals surface area contributed by atoms with Gasteiger partial charge in [-0.15, -0.1) is 0 Å². The highest BCUT2D eigenvalue weighted by Gasteiger charge is 2.11. The summed E-state index contributed by atoms with van der Waals surface area (Å²) in [5, 5.41) is 3.30. The summed E-state index contributed by atoms with van der Waals surface area (Å²) < 4.78 is 0. The smallest absolute Gasteiger partial charge is 0.248 e. The molecule has 1 aromatic rings. The Labute approximate surface area is 113 Å². The Morgan fingerprint density at radius 3 is 2.00 bits per heavy atom. The Balaban J connectivity index is 3.05. The van der Waals surface area contributed by atoms with Crippen LogP contribution in [0.4, 0.5) is 5.69 Å². The van der Waals surface area contributed by atoms with Gasteiger partial charge in [0.05, 0.1) is 0 Å². The van der Waals surface area contributed by atoms with Crippen LogP contribution in [0.5, 0.6) is 0 Å². The highest BCUT2D eigenvalue weighted by molar-refractivity contribution is 5.99. The molecule has 5 nitrogen and oxygen atoms in total. The van der Waals surface area contributed by atoms with Crippen LogP contribution in [0.15, 0.2) is 18.2 Å². The van der Waals surface area contributed by atoms with E-state index in [4.69, 9.17) is 11.5 Å². The molecule has 0 spiro atoms. The van der Waals surface area contributed by atoms with E-state index in [0.29, 0.717) is 11.7 Å². The summed E-state index contributed by atoms with van der Waals surface area (Å²) in [7, 11) is 0. The minimum absolute atomic E-state index is 0.283. The monoisotopic (exact) mass is 263 g/mol. The van der Waals surface area contributed by atoms with Crippen LogP contribution in [0.3, 0.4) is 0 Å². The van der Waals surface area contributed by atoms with E-state index in [1.54, 1.807) is 12.1 Å². The van der Waals surface area contributed by atoms with Crippen LogP contribution >= 0.6 is 0 Å². The zero-order chi connectivity index (χ0) is 14.4. The Morgan fingerprint density at radius 1 is 1.11 bits per heavy atom. The number of nitrogens with one attached hydrogen (secondary N) is 1. The van der Waals surface area contributed by atoms with Gasteiger partial charge < -0.3 is 16.8 Å². The average molecular weight is 263 g/mol. The van der Waals surface area contributed by atoms with Crippen LogP contribution in [-0.4, -0.2) is 17.9 Å². The SMILES string of the molecule is CCCC(CC)Nc1cc(C(N)=O)cc(C(N)=O)c1. The van der Waals surface area contributed by atoms with E-state index in [9.17, 15) is 9.59 Å². The summed E-state index contributed by atoms with van der Waals surface area (Å²) in [6.07, 6.45) is 3.04. The van der Waals surface area contributed by atoms with Gasteiger partial charge in [-0.2, -0.15) is 0 Å². The molecule has 1 rings (SSSR count). The summed E-state index contributed by atoms with van der Waals surface area (Å²) in [5.74, 6) is -1.15. The lowest BCUT2D eigenvalue weighted by Gasteiger charge is -2.18. The Hall–Kier alpha value is -2.04. The Morgan fingerprint density at radius 2 is 1.63 bits per heavy atom. The van der Waals surface area contributed by atoms with E-state index in [-0.39, 0.29) is 11.1 Å². The van der Waals surface area contributed by atoms with E-state index in [0.717, 1.165) is 19.3 Å². The second-order valence-corrected chi connectivity index (χ2v) is 4.57. The van der Waals surface area contributed by atoms with Crippen LogP contribution in [0.25, 0.3) is 0 Å². The molecular weight excluding hydrogens is 242 g/mol. The van der Waals surface area contributed by atoms with E-state index in [1.165, 1.54) is 6.07 Å². The predicted octanol–water partition coefficient (Wildman–Crippen LogP) is 1.88. The summed E-state index contributed by atoms with van der Waals surface area (Å²) in [6, 6.07) is 5.01. The molecule has 0 heterocycles. The molecule has 0 aromatic heterocycles. The van der Waals surface area contributed by atoms with Crippen molar-refractivity contribution in [2.24, 2.45) is 11.5 Å². The lowest BCUT2D eigenvalue weighted by molar-refractivity contribution is 0.0999. The number of rotatable bonds is 7. The van der Waals surface area contributed by atoms with Crippen molar-refractivity contribution in [3.05, 3.63) is 29.3 Å². The fourth-order valence-corrected chi connectivity index (χ4v) is 1.96. The molecule has 5 N–H and O–H groups in total. The fraction of sp³-hybridized carbons (Fsp3) is 0.429. The number of hydrogen-bond donors (Lipinski definition) is 3. The molecule has 0 aliphatic carbocycles. The Bertz CT molecular complexity index is 440. The summed E-state index contributed by atoms with van der Waals surface area (Å²) >= 11 is 0. The third kappa shape index (κ3) is 4.28. The molecule has 2 amide bonds. The molecule has 104 valence electrons. The zero-order valence-electron chi connectivity index (χ0n) is 11.4. The molecule has 0 fully saturated rings. The van der Waals surface area contributed by atoms with Crippen molar-refractivity contribution in [1.29, 1.82) is 0 Å². The molecule has 1 unspecified atom stereocenters. The maximum absolute atomic E-state index is 11.3. The molecule has 1 atom stereocenters. The van der Waals surface area contributed by atoms with Crippen molar-refractivity contribution in [3.63, 3.8) is 0 Å². The van der Waals surface area contributed by atoms with Crippen molar-refractivity contribution < 1.29 is 9.59 Å². The van der Waals surface area contributed by atoms with Gasteiger partial charge in [0.1, 0.15) is 0 Å². The number of primary amides is 2. The quantitative estimate of drug-likeness (QED) is 0.700. The van der Waals surface area contributed by atoms with Gasteiger partial charge in [-0.05, 0) is 31.0 Å². The molecule has 0 aliphatic rings. The van der Waals surface area contributed by atoms with Crippen LogP contribution in [-0.2, 0) is 0 Å². The van der Waals surface area contributed by atoms with Crippen LogP contribution < -0.4 is 16.8 Å². The van der Waals surface area contributed by atoms with Crippen LogP contribution in [0, 0.1) is 0 Å². The summed E-state index contributed by atoms with van der Waals surface area (Å²) in [4.78, 5) is 22.5. The van der Waals surface area contributed by atoms with Crippen LogP contribution in [0.1, 0.15) is 53.8 Å². The number of amides is 2. The zero-order valence-corrected chi connectivity index (χ0v) is 11.4. The first-order valence-corrected chi connectivity index (χ1v) is 6.49. The highest BCUT2D eigenvalue weighted by atomic mass is 16.1. The van der Waals surface area contributed by atoms with Crippen molar-refractivity contribution in [2.45, 2.75) is 39.2 Å². The highest BCUT2D eigenvalue weighted by Crippen LogP contribution is 2.18. The maximum Gasteiger partial charge on any atom is 0.248 e. The van der Waals surface area contributed by atoms with Crippen molar-refractivity contribution in [1.82, 2.24) is 0 Å². The van der Waals surface area contributed by atoms with Gasteiger partial charge in [0.25, 0.3) is 0 Å². The van der Waals surface area contributed by atoms with E-state index < -0.39 is 11.8 Å². The first-order chi connectivity index (χ1) is 8.97. The topological polar surface area (TPSA) is 98.2 Å². The molecule has 19 heavy (non-hydrogen) atoms. The number of benzene rings is 1. The van der Waals surface area contributed by atoms with Gasteiger partial charge in [-0.3, -0.25) is 9.59 Å². The van der Waals surface area contributed by atoms with Crippen LogP contribution in [0.2, 0.25) is 0 Å². The first-order valence-electron chi connectivity index (χ1n) is 6.49. The summed E-state index contributed by atoms with van der Waals surface area (Å²) in [5.41, 5.74) is 11.8. The molecule has 0 bridgehead atoms. The third-order valence-electron chi connectivity index (χ3n) is 3.00. The second-order valence-electron chi connectivity index (χ2n) is 4.57. The van der Waals surface area contributed by atoms with Gasteiger partial charge >= 0.3 is 0 Å². The fourth-order valence-electron chi connectivity index (χ4n) is 1.96. The lowest BCUT2D eigenvalue weighted by Crippen LogP contribution is -2.20. The van der Waals surface area contributed by atoms with E-state index >= 15 is 0 Å². The number of nitrogens with two attached hydrogens (primary N) is 2. The minimum Gasteiger partial charge on any atom is -0.382 e. The number of anilines is 1. The van der Waals surface area contributed by atoms with E-state index in [2.05, 4.69) is 19.2 Å². The Kier molecular flexibility index (Phi) is 5.36. The predicted molar refractivity (Wildman–Crippen MR) is 76.1 cm³/mol. The van der Waals surface area contributed by atoms with Crippen molar-refractivity contribution >= 4 is 17.5 Å². The second kappa shape index (κ2) is 6.78. The van der Waals surface area contributed by atoms with Gasteiger partial charge in [0.2, 0.25) is 11.8 Å². The van der Waals surface area contributed by atoms with Gasteiger partial charge in [-0.1, -0.05) is 20.3 Å². The largest absolute Gasteiger partial charge is 0.382 e. The van der Waals surface area contributed by atoms with E-state index in [1.807, 2.05) is 0 Å². The van der Waals surface area contributed by atoms with Crippen molar-refractivity contribution in [2.75, 3.05) is 5.32 Å². The number of carbonyl (C=O) groups is 2. The molecule has 0 radical (unpaired) electrons. The molecule has 5 heteroatoms. The van der Waals surface area contributed by atoms with Gasteiger partial charge in [0.15, 0.2) is 0 Å². The minimum atomic E-state index is -0.574. The van der Waals surface area contributed by atoms with Crippen molar-refractivity contribution in [3.8, 4) is 0 Å². The number of hydrogen-bond acceptors (Lipinski definition) is 3. The lowest BCUT2D eigenvalue weighted by atomic mass is 10.1. The summed E-state index contributed by atoms with van der Waals surface area (Å²) in [6.45, 7) is 4.19. The molecule has 1 aromatic carbocycles. The average Bonchev–Trinajstić information content (AvgIpc) is 2.37. The third-order valence-corrected chi connectivity index (χ3v) is 3.00. The first kappa shape index (κ1) is 15.0. The number of carbonyl (C=O) groups excluding carboxylic acids is 2. The molecule has 0 saturated heterocycles. The molecule has 0 saturated carbocycles.